The zero-order valence-corrected chi connectivity index (χ0v) is 10.8. The van der Waals surface area contributed by atoms with Gasteiger partial charge in [0.1, 0.15) is 0 Å². The van der Waals surface area contributed by atoms with Gasteiger partial charge in [0.05, 0.1) is 16.7 Å². The van der Waals surface area contributed by atoms with Crippen LogP contribution in [-0.4, -0.2) is 26.2 Å². The van der Waals surface area contributed by atoms with Crippen LogP contribution >= 0.6 is 23.4 Å². The lowest BCUT2D eigenvalue weighted by Gasteiger charge is -2.06. The summed E-state index contributed by atoms with van der Waals surface area (Å²) in [6.45, 7) is 0. The number of carboxylic acids is 1. The molecule has 8 heteroatoms. The van der Waals surface area contributed by atoms with Crippen molar-refractivity contribution in [3.8, 4) is 5.88 Å². The zero-order chi connectivity index (χ0) is 14.0. The molecule has 0 unspecified atom stereocenters. The first-order valence-electron chi connectivity index (χ1n) is 4.97. The molecular formula is C11H7ClN2O4S. The Balaban J connectivity index is 2.46. The Morgan fingerprint density at radius 1 is 1.42 bits per heavy atom. The molecule has 1 heterocycles. The van der Waals surface area contributed by atoms with E-state index in [0.717, 1.165) is 17.8 Å². The van der Waals surface area contributed by atoms with Crippen LogP contribution in [0.3, 0.4) is 0 Å². The first-order valence-corrected chi connectivity index (χ1v) is 6.17. The van der Waals surface area contributed by atoms with Gasteiger partial charge in [-0.05, 0) is 12.1 Å². The average molecular weight is 299 g/mol. The Labute approximate surface area is 116 Å². The number of carboxylic acid groups (broad SMARTS) is 1. The van der Waals surface area contributed by atoms with E-state index in [4.69, 9.17) is 16.7 Å². The van der Waals surface area contributed by atoms with Crippen molar-refractivity contribution in [1.82, 2.24) is 9.97 Å². The van der Waals surface area contributed by atoms with Crippen LogP contribution in [0, 0.1) is 0 Å². The molecule has 6 nitrogen and oxygen atoms in total. The fraction of sp³-hybridized carbons (Fsp3) is 0. The number of nitrogens with one attached hydrogen (secondary N) is 1. The third-order valence-corrected chi connectivity index (χ3v) is 3.36. The van der Waals surface area contributed by atoms with E-state index >= 15 is 0 Å². The molecule has 0 aliphatic heterocycles. The summed E-state index contributed by atoms with van der Waals surface area (Å²) in [4.78, 5) is 28.7. The number of hydrogen-bond donors (Lipinski definition) is 3. The molecule has 0 saturated heterocycles. The third kappa shape index (κ3) is 3.07. The van der Waals surface area contributed by atoms with Gasteiger partial charge in [-0.3, -0.25) is 4.79 Å². The number of aromatic nitrogens is 2. The number of hydrogen-bond acceptors (Lipinski definition) is 5. The Morgan fingerprint density at radius 2 is 2.16 bits per heavy atom. The Kier molecular flexibility index (Phi) is 3.77. The molecule has 0 fully saturated rings. The van der Waals surface area contributed by atoms with E-state index in [0.29, 0.717) is 4.90 Å². The van der Waals surface area contributed by atoms with Crippen LogP contribution < -0.4 is 5.56 Å². The summed E-state index contributed by atoms with van der Waals surface area (Å²) < 4.78 is 0. The van der Waals surface area contributed by atoms with Gasteiger partial charge < -0.3 is 15.2 Å². The van der Waals surface area contributed by atoms with Crippen molar-refractivity contribution in [1.29, 1.82) is 0 Å². The highest BCUT2D eigenvalue weighted by Crippen LogP contribution is 2.32. The van der Waals surface area contributed by atoms with Crippen LogP contribution in [-0.2, 0) is 0 Å². The van der Waals surface area contributed by atoms with E-state index in [1.807, 2.05) is 0 Å². The second kappa shape index (κ2) is 5.33. The van der Waals surface area contributed by atoms with Gasteiger partial charge in [0.2, 0.25) is 5.88 Å². The predicted octanol–water partition coefficient (Wildman–Crippen LogP) is 1.98. The van der Waals surface area contributed by atoms with Gasteiger partial charge in [0.25, 0.3) is 5.56 Å². The molecule has 0 bridgehead atoms. The van der Waals surface area contributed by atoms with Crippen molar-refractivity contribution >= 4 is 29.3 Å². The normalized spacial score (nSPS) is 10.4. The Morgan fingerprint density at radius 3 is 2.79 bits per heavy atom. The number of rotatable bonds is 3. The lowest BCUT2D eigenvalue weighted by atomic mass is 10.2. The quantitative estimate of drug-likeness (QED) is 0.749. The molecule has 3 N–H and O–H groups in total. The molecule has 2 aromatic rings. The summed E-state index contributed by atoms with van der Waals surface area (Å²) in [7, 11) is 0. The minimum atomic E-state index is -1.18. The zero-order valence-electron chi connectivity index (χ0n) is 9.25. The summed E-state index contributed by atoms with van der Waals surface area (Å²) in [5, 5.41) is 18.5. The van der Waals surface area contributed by atoms with E-state index in [1.165, 1.54) is 12.1 Å². The maximum atomic E-state index is 11.2. The molecule has 0 radical (unpaired) electrons. The minimum absolute atomic E-state index is 0.0785. The van der Waals surface area contributed by atoms with Crippen LogP contribution in [0.1, 0.15) is 10.4 Å². The highest BCUT2D eigenvalue weighted by Gasteiger charge is 2.16. The Bertz CT molecular complexity index is 701. The molecule has 2 rings (SSSR count). The predicted molar refractivity (Wildman–Crippen MR) is 69.1 cm³/mol. The standard InChI is InChI=1S/C11H7ClN2O4S/c12-5-2-1-3-6(9(5)10(17)18)19-11-13-7(15)4-8(16)14-11/h1-4H,(H,17,18)(H2,13,14,15,16). The SMILES string of the molecule is O=C(O)c1c(Cl)cccc1Sc1nc(O)cc(=O)[nH]1. The van der Waals surface area contributed by atoms with E-state index in [-0.39, 0.29) is 15.7 Å². The minimum Gasteiger partial charge on any atom is -0.493 e. The van der Waals surface area contributed by atoms with Crippen LogP contribution in [0.25, 0.3) is 0 Å². The van der Waals surface area contributed by atoms with Crippen molar-refractivity contribution < 1.29 is 15.0 Å². The largest absolute Gasteiger partial charge is 0.493 e. The number of aromatic hydroxyl groups is 1. The smallest absolute Gasteiger partial charge is 0.338 e. The lowest BCUT2D eigenvalue weighted by molar-refractivity contribution is 0.0693. The monoisotopic (exact) mass is 298 g/mol. The number of halogens is 1. The van der Waals surface area contributed by atoms with Gasteiger partial charge in [0, 0.05) is 4.90 Å². The second-order valence-corrected chi connectivity index (χ2v) is 4.87. The maximum absolute atomic E-state index is 11.2. The lowest BCUT2D eigenvalue weighted by Crippen LogP contribution is -2.06. The van der Waals surface area contributed by atoms with Crippen LogP contribution in [0.2, 0.25) is 5.02 Å². The third-order valence-electron chi connectivity index (χ3n) is 2.10. The average Bonchev–Trinajstić information content (AvgIpc) is 2.26. The molecule has 0 atom stereocenters. The summed E-state index contributed by atoms with van der Waals surface area (Å²) in [5.74, 6) is -1.62. The summed E-state index contributed by atoms with van der Waals surface area (Å²) in [6.07, 6.45) is 0. The summed E-state index contributed by atoms with van der Waals surface area (Å²) in [6, 6.07) is 5.48. The van der Waals surface area contributed by atoms with E-state index < -0.39 is 17.4 Å². The molecule has 0 amide bonds. The fourth-order valence-corrected chi connectivity index (χ4v) is 2.63. The van der Waals surface area contributed by atoms with Gasteiger partial charge in [-0.15, -0.1) is 0 Å². The number of aromatic carboxylic acids is 1. The van der Waals surface area contributed by atoms with E-state index in [1.54, 1.807) is 6.07 Å². The highest BCUT2D eigenvalue weighted by molar-refractivity contribution is 7.99. The number of nitrogens with zero attached hydrogens (tertiary/aromatic N) is 1. The second-order valence-electron chi connectivity index (χ2n) is 3.43. The van der Waals surface area contributed by atoms with Crippen molar-refractivity contribution in [2.24, 2.45) is 0 Å². The van der Waals surface area contributed by atoms with Crippen LogP contribution in [0.4, 0.5) is 0 Å². The Hall–Kier alpha value is -1.99. The molecule has 0 aliphatic rings. The van der Waals surface area contributed by atoms with Gasteiger partial charge in [-0.25, -0.2) is 4.79 Å². The van der Waals surface area contributed by atoms with Gasteiger partial charge in [0.15, 0.2) is 5.16 Å². The summed E-state index contributed by atoms with van der Waals surface area (Å²) in [5.41, 5.74) is -0.617. The number of carbonyl (C=O) groups is 1. The number of H-pyrrole nitrogens is 1. The van der Waals surface area contributed by atoms with Crippen molar-refractivity contribution in [3.63, 3.8) is 0 Å². The molecule has 0 saturated carbocycles. The molecule has 1 aromatic carbocycles. The first kappa shape index (κ1) is 13.4. The first-order chi connectivity index (χ1) is 8.97. The fourth-order valence-electron chi connectivity index (χ4n) is 1.37. The van der Waals surface area contributed by atoms with Crippen molar-refractivity contribution in [2.75, 3.05) is 0 Å². The van der Waals surface area contributed by atoms with Gasteiger partial charge >= 0.3 is 5.97 Å². The number of benzene rings is 1. The van der Waals surface area contributed by atoms with Crippen LogP contribution in [0.5, 0.6) is 5.88 Å². The van der Waals surface area contributed by atoms with Crippen molar-refractivity contribution in [3.05, 3.63) is 45.2 Å². The molecule has 98 valence electrons. The topological polar surface area (TPSA) is 103 Å². The molecule has 19 heavy (non-hydrogen) atoms. The molecular weight excluding hydrogens is 292 g/mol. The van der Waals surface area contributed by atoms with Gasteiger partial charge in [-0.2, -0.15) is 4.98 Å². The molecule has 0 aliphatic carbocycles. The molecule has 1 aromatic heterocycles. The van der Waals surface area contributed by atoms with Crippen LogP contribution in [0.15, 0.2) is 39.1 Å². The van der Waals surface area contributed by atoms with Gasteiger partial charge in [-0.1, -0.05) is 29.4 Å². The number of aromatic amines is 1. The summed E-state index contributed by atoms with van der Waals surface area (Å²) >= 11 is 6.71. The van der Waals surface area contributed by atoms with Crippen molar-refractivity contribution in [2.45, 2.75) is 10.1 Å². The maximum Gasteiger partial charge on any atom is 0.338 e. The molecule has 0 spiro atoms. The van der Waals surface area contributed by atoms with E-state index in [9.17, 15) is 14.7 Å². The highest BCUT2D eigenvalue weighted by atomic mass is 35.5. The van der Waals surface area contributed by atoms with E-state index in [2.05, 4.69) is 9.97 Å².